The van der Waals surface area contributed by atoms with Crippen LogP contribution in [0.3, 0.4) is 0 Å². The number of aromatic carboxylic acids is 1. The number of hydrogen-bond acceptors (Lipinski definition) is 6. The second kappa shape index (κ2) is 7.69. The summed E-state index contributed by atoms with van der Waals surface area (Å²) in [5.74, 6) is -2.27. The third-order valence-corrected chi connectivity index (χ3v) is 3.80. The van der Waals surface area contributed by atoms with Gasteiger partial charge in [0.2, 0.25) is 5.91 Å². The van der Waals surface area contributed by atoms with Crippen molar-refractivity contribution >= 4 is 28.7 Å². The van der Waals surface area contributed by atoms with Gasteiger partial charge in [0, 0.05) is 12.3 Å². The Hall–Kier alpha value is -3.77. The highest BCUT2D eigenvalue weighted by molar-refractivity contribution is 5.92. The smallest absolute Gasteiger partial charge is 0.405 e. The Kier molecular flexibility index (Phi) is 5.30. The van der Waals surface area contributed by atoms with Crippen LogP contribution >= 0.6 is 0 Å². The lowest BCUT2D eigenvalue weighted by atomic mass is 10.2. The second-order valence-corrected chi connectivity index (χ2v) is 6.00. The molecule has 0 bridgehead atoms. The van der Waals surface area contributed by atoms with Crippen molar-refractivity contribution < 1.29 is 32.9 Å². The van der Waals surface area contributed by atoms with Gasteiger partial charge in [-0.25, -0.2) is 19.7 Å². The fourth-order valence-electron chi connectivity index (χ4n) is 2.46. The number of anilines is 1. The molecule has 0 saturated heterocycles. The van der Waals surface area contributed by atoms with Gasteiger partial charge in [0.15, 0.2) is 11.5 Å². The molecule has 10 nitrogen and oxygen atoms in total. The minimum absolute atomic E-state index is 0.0305. The molecule has 3 aromatic heterocycles. The highest BCUT2D eigenvalue weighted by Crippen LogP contribution is 2.25. The van der Waals surface area contributed by atoms with Gasteiger partial charge < -0.3 is 20.7 Å². The summed E-state index contributed by atoms with van der Waals surface area (Å²) in [4.78, 5) is 41.2. The predicted molar refractivity (Wildman–Crippen MR) is 92.8 cm³/mol. The first-order valence-electron chi connectivity index (χ1n) is 8.21. The highest BCUT2D eigenvalue weighted by atomic mass is 19.4. The molecule has 0 fully saturated rings. The van der Waals surface area contributed by atoms with Crippen LogP contribution in [0.25, 0.3) is 22.4 Å². The molecular weight excluding hydrogens is 395 g/mol. The Balaban J connectivity index is 1.89. The number of carboxylic acids is 1. The number of aromatic nitrogens is 5. The summed E-state index contributed by atoms with van der Waals surface area (Å²) < 4.78 is 36.8. The minimum Gasteiger partial charge on any atom is -0.477 e. The van der Waals surface area contributed by atoms with E-state index in [9.17, 15) is 27.9 Å². The van der Waals surface area contributed by atoms with Gasteiger partial charge in [-0.05, 0) is 11.9 Å². The third kappa shape index (κ3) is 4.75. The summed E-state index contributed by atoms with van der Waals surface area (Å²) in [5, 5.41) is 14.2. The summed E-state index contributed by atoms with van der Waals surface area (Å²) in [6.45, 7) is -0.162. The number of nitrogens with one attached hydrogen (secondary N) is 4. The van der Waals surface area contributed by atoms with Gasteiger partial charge in [-0.1, -0.05) is 0 Å². The first-order chi connectivity index (χ1) is 13.6. The number of hydrogen-bond donors (Lipinski definition) is 4. The zero-order valence-corrected chi connectivity index (χ0v) is 14.8. The van der Waals surface area contributed by atoms with Gasteiger partial charge in [0.05, 0.1) is 10.9 Å². The summed E-state index contributed by atoms with van der Waals surface area (Å²) in [6.07, 6.45) is 0.0562. The van der Waals surface area contributed by atoms with E-state index in [0.29, 0.717) is 16.6 Å². The van der Waals surface area contributed by atoms with Gasteiger partial charge in [0.25, 0.3) is 12.0 Å². The van der Waals surface area contributed by atoms with E-state index in [1.165, 1.54) is 19.4 Å². The molecule has 0 aromatic carbocycles. The molecule has 1 amide bonds. The zero-order chi connectivity index (χ0) is 21.2. The van der Waals surface area contributed by atoms with Crippen LogP contribution in [0.5, 0.6) is 0 Å². The topological polar surface area (TPSA) is 147 Å². The van der Waals surface area contributed by atoms with Crippen LogP contribution in [-0.2, 0) is 4.79 Å². The molecule has 0 aliphatic heterocycles. The van der Waals surface area contributed by atoms with Crippen molar-refractivity contribution in [3.05, 3.63) is 30.5 Å². The van der Waals surface area contributed by atoms with Crippen molar-refractivity contribution in [2.24, 2.45) is 0 Å². The van der Waals surface area contributed by atoms with Crippen molar-refractivity contribution in [3.63, 3.8) is 0 Å². The van der Waals surface area contributed by atoms with Crippen LogP contribution in [-0.4, -0.2) is 55.7 Å². The van der Waals surface area contributed by atoms with Crippen molar-refractivity contribution in [3.8, 4) is 11.4 Å². The van der Waals surface area contributed by atoms with E-state index in [-0.39, 0.29) is 17.3 Å². The monoisotopic (exact) mass is 410 g/mol. The highest BCUT2D eigenvalue weighted by Gasteiger charge is 2.29. The number of H-pyrrole nitrogens is 2. The SMILES string of the molecule is C[C@H](Nc1cc(C(=O)O)nc(-c2c[nH]c3nc[nH+]cc23)n1)C(=O)NCC(F)(F)F. The lowest BCUT2D eigenvalue weighted by Gasteiger charge is -2.16. The summed E-state index contributed by atoms with van der Waals surface area (Å²) in [5.41, 5.74) is 0.602. The van der Waals surface area contributed by atoms with Crippen molar-refractivity contribution in [2.75, 3.05) is 11.9 Å². The molecule has 29 heavy (non-hydrogen) atoms. The number of alkyl halides is 3. The Morgan fingerprint density at radius 3 is 2.79 bits per heavy atom. The molecule has 0 radical (unpaired) electrons. The first-order valence-corrected chi connectivity index (χ1v) is 8.21. The number of carbonyl (C=O) groups is 2. The van der Waals surface area contributed by atoms with E-state index < -0.39 is 30.6 Å². The maximum absolute atomic E-state index is 12.3. The number of carboxylic acid groups (broad SMARTS) is 1. The number of fused-ring (bicyclic) bond motifs is 1. The first kappa shape index (κ1) is 20.0. The number of halogens is 3. The average molecular weight is 410 g/mol. The Morgan fingerprint density at radius 2 is 2.10 bits per heavy atom. The van der Waals surface area contributed by atoms with E-state index in [1.54, 1.807) is 11.5 Å². The van der Waals surface area contributed by atoms with Crippen LogP contribution in [0.2, 0.25) is 0 Å². The van der Waals surface area contributed by atoms with Gasteiger partial charge >= 0.3 is 12.1 Å². The number of amides is 1. The van der Waals surface area contributed by atoms with Gasteiger partial charge in [-0.3, -0.25) is 4.79 Å². The van der Waals surface area contributed by atoms with E-state index in [2.05, 4.69) is 30.2 Å². The van der Waals surface area contributed by atoms with Crippen LogP contribution in [0.4, 0.5) is 19.0 Å². The Labute approximate surface area is 160 Å². The fourth-order valence-corrected chi connectivity index (χ4v) is 2.46. The number of aromatic amines is 2. The molecule has 3 rings (SSSR count). The molecule has 0 aliphatic carbocycles. The summed E-state index contributed by atoms with van der Waals surface area (Å²) in [6, 6.07) is -0.0294. The molecule has 0 aliphatic rings. The van der Waals surface area contributed by atoms with Crippen LogP contribution < -0.4 is 15.6 Å². The van der Waals surface area contributed by atoms with Crippen molar-refractivity contribution in [1.82, 2.24) is 25.3 Å². The third-order valence-electron chi connectivity index (χ3n) is 3.80. The van der Waals surface area contributed by atoms with Crippen molar-refractivity contribution in [2.45, 2.75) is 19.1 Å². The van der Waals surface area contributed by atoms with E-state index in [4.69, 9.17) is 0 Å². The van der Waals surface area contributed by atoms with Crippen LogP contribution in [0.15, 0.2) is 24.8 Å². The maximum atomic E-state index is 12.3. The molecule has 3 heterocycles. The molecule has 0 unspecified atom stereocenters. The lowest BCUT2D eigenvalue weighted by Crippen LogP contribution is -2.42. The molecular formula is C16H15F3N7O3+. The van der Waals surface area contributed by atoms with Crippen molar-refractivity contribution in [1.29, 1.82) is 0 Å². The number of rotatable bonds is 6. The molecule has 3 aromatic rings. The zero-order valence-electron chi connectivity index (χ0n) is 14.8. The standard InChI is InChI=1S/C16H14F3N7O3/c1-7(14(27)22-5-16(17,18)19)24-11-2-10(15(28)29)25-13(26-11)9-4-21-12-8(9)3-20-6-23-12/h2-4,6-7H,5H2,1H3,(H,22,27)(H,28,29)(H,20,21,23)(H,24,25,26)/p+1/t7-/m0/s1. The predicted octanol–water partition coefficient (Wildman–Crippen LogP) is 1.01. The van der Waals surface area contributed by atoms with E-state index in [0.717, 1.165) is 6.07 Å². The molecule has 152 valence electrons. The number of nitrogens with zero attached hydrogens (tertiary/aromatic N) is 3. The largest absolute Gasteiger partial charge is 0.477 e. The molecule has 1 atom stereocenters. The lowest BCUT2D eigenvalue weighted by molar-refractivity contribution is -0.380. The summed E-state index contributed by atoms with van der Waals surface area (Å²) >= 11 is 0. The van der Waals surface area contributed by atoms with Gasteiger partial charge in [0.1, 0.15) is 24.6 Å². The molecule has 5 N–H and O–H groups in total. The molecule has 13 heteroatoms. The van der Waals surface area contributed by atoms with Crippen LogP contribution in [0.1, 0.15) is 17.4 Å². The van der Waals surface area contributed by atoms with Gasteiger partial charge in [-0.2, -0.15) is 13.2 Å². The fraction of sp³-hybridized carbons (Fsp3) is 0.250. The number of carbonyl (C=O) groups excluding carboxylic acids is 1. The second-order valence-electron chi connectivity index (χ2n) is 6.00. The normalized spacial score (nSPS) is 12.6. The average Bonchev–Trinajstić information content (AvgIpc) is 3.09. The molecule has 0 saturated carbocycles. The summed E-state index contributed by atoms with van der Waals surface area (Å²) in [7, 11) is 0. The minimum atomic E-state index is -4.55. The maximum Gasteiger partial charge on any atom is 0.405 e. The van der Waals surface area contributed by atoms with Crippen LogP contribution in [0, 0.1) is 0 Å². The van der Waals surface area contributed by atoms with E-state index in [1.807, 2.05) is 0 Å². The quantitative estimate of drug-likeness (QED) is 0.474. The Morgan fingerprint density at radius 1 is 1.34 bits per heavy atom. The molecule has 0 spiro atoms. The van der Waals surface area contributed by atoms with Gasteiger partial charge in [-0.15, -0.1) is 0 Å². The Bertz CT molecular complexity index is 1070. The van der Waals surface area contributed by atoms with E-state index >= 15 is 0 Å².